The molecule has 1 aromatic carbocycles. The van der Waals surface area contributed by atoms with E-state index in [9.17, 15) is 39.0 Å². The van der Waals surface area contributed by atoms with Crippen molar-refractivity contribution in [3.05, 3.63) is 42.0 Å². The number of phenols is 1. The van der Waals surface area contributed by atoms with E-state index >= 15 is 0 Å². The van der Waals surface area contributed by atoms with Crippen LogP contribution < -0.4 is 38.1 Å². The van der Waals surface area contributed by atoms with Gasteiger partial charge in [0.15, 0.2) is 0 Å². The molecule has 1 aromatic rings. The monoisotopic (exact) mass is 759 g/mol. The van der Waals surface area contributed by atoms with Crippen molar-refractivity contribution in [2.45, 2.75) is 141 Å². The molecule has 0 saturated carbocycles. The third kappa shape index (κ3) is 18.0. The number of phenolic OH excluding ortho intramolecular Hbond substituents is 1. The summed E-state index contributed by atoms with van der Waals surface area (Å²) in [6.07, 6.45) is 8.15. The topological polar surface area (TPSA) is 255 Å². The number of aliphatic carboxylic acids is 1. The number of nitrogens with one attached hydrogen (secondary N) is 5. The summed E-state index contributed by atoms with van der Waals surface area (Å²) < 4.78 is 0. The number of allylic oxidation sites excluding steroid dienone is 2. The highest BCUT2D eigenvalue weighted by Gasteiger charge is 2.39. The summed E-state index contributed by atoms with van der Waals surface area (Å²) in [6, 6.07) is 1.62. The second-order valence-corrected chi connectivity index (χ2v) is 14.3. The van der Waals surface area contributed by atoms with E-state index in [1.807, 2.05) is 32.9 Å². The molecule has 0 aliphatic carbocycles. The van der Waals surface area contributed by atoms with Crippen LogP contribution in [0.5, 0.6) is 5.75 Å². The lowest BCUT2D eigenvalue weighted by Gasteiger charge is -2.34. The number of carbonyl (C=O) groups excluding carboxylic acids is 5. The van der Waals surface area contributed by atoms with Crippen molar-refractivity contribution in [2.24, 2.45) is 17.4 Å². The average molecular weight is 760 g/mol. The number of amides is 5. The molecule has 0 bridgehead atoms. The molecule has 15 heteroatoms. The smallest absolute Gasteiger partial charge is 0.326 e. The van der Waals surface area contributed by atoms with Crippen LogP contribution in [0.25, 0.3) is 0 Å². The van der Waals surface area contributed by atoms with Gasteiger partial charge in [-0.25, -0.2) is 4.79 Å². The van der Waals surface area contributed by atoms with Gasteiger partial charge in [-0.15, -0.1) is 0 Å². The fourth-order valence-electron chi connectivity index (χ4n) is 5.78. The summed E-state index contributed by atoms with van der Waals surface area (Å²) in [5.41, 5.74) is 10.4. The summed E-state index contributed by atoms with van der Waals surface area (Å²) >= 11 is 0. The van der Waals surface area contributed by atoms with Gasteiger partial charge in [-0.1, -0.05) is 45.1 Å². The first-order chi connectivity index (χ1) is 25.6. The SMILES string of the molecule is C/C=C\CCCC(C)(NC(=O)[C@H](CCCCN)NC(=O)[C@H](CCCCN)NC(=O)CC)C(=O)N[C@@H](Cc1ccc(O)cc1)C(=O)N[C@@H](CC(C)C)C(=O)O. The van der Waals surface area contributed by atoms with Crippen LogP contribution in [0.4, 0.5) is 0 Å². The van der Waals surface area contributed by atoms with Crippen molar-refractivity contribution in [1.29, 1.82) is 0 Å². The summed E-state index contributed by atoms with van der Waals surface area (Å²) in [6.45, 7) is 9.52. The Morgan fingerprint density at radius 1 is 0.778 bits per heavy atom. The van der Waals surface area contributed by atoms with E-state index in [4.69, 9.17) is 11.5 Å². The Kier molecular flexibility index (Phi) is 22.4. The maximum Gasteiger partial charge on any atom is 0.326 e. The number of benzene rings is 1. The number of hydrogen-bond donors (Lipinski definition) is 9. The van der Waals surface area contributed by atoms with Crippen LogP contribution in [-0.4, -0.2) is 88.5 Å². The summed E-state index contributed by atoms with van der Waals surface area (Å²) in [7, 11) is 0. The minimum absolute atomic E-state index is 0.00538. The van der Waals surface area contributed by atoms with Gasteiger partial charge in [0, 0.05) is 12.8 Å². The van der Waals surface area contributed by atoms with Gasteiger partial charge in [0.1, 0.15) is 35.5 Å². The number of nitrogens with two attached hydrogens (primary N) is 2. The Morgan fingerprint density at radius 2 is 1.33 bits per heavy atom. The molecule has 1 unspecified atom stereocenters. The van der Waals surface area contributed by atoms with Crippen LogP contribution in [0, 0.1) is 5.92 Å². The van der Waals surface area contributed by atoms with Gasteiger partial charge in [0.25, 0.3) is 0 Å². The van der Waals surface area contributed by atoms with Crippen LogP contribution in [0.1, 0.15) is 111 Å². The normalized spacial score (nSPS) is 14.7. The van der Waals surface area contributed by atoms with Gasteiger partial charge < -0.3 is 48.3 Å². The molecule has 15 nitrogen and oxygen atoms in total. The Morgan fingerprint density at radius 3 is 1.85 bits per heavy atom. The third-order valence-corrected chi connectivity index (χ3v) is 9.00. The van der Waals surface area contributed by atoms with Gasteiger partial charge >= 0.3 is 5.97 Å². The van der Waals surface area contributed by atoms with Crippen molar-refractivity contribution < 1.29 is 39.0 Å². The molecule has 304 valence electrons. The van der Waals surface area contributed by atoms with Gasteiger partial charge in [-0.2, -0.15) is 0 Å². The minimum atomic E-state index is -1.58. The zero-order valence-electron chi connectivity index (χ0n) is 32.7. The van der Waals surface area contributed by atoms with E-state index in [1.165, 1.54) is 12.1 Å². The number of carboxylic acids is 1. The number of aromatic hydroxyl groups is 1. The van der Waals surface area contributed by atoms with Crippen LogP contribution >= 0.6 is 0 Å². The maximum absolute atomic E-state index is 14.3. The average Bonchev–Trinajstić information content (AvgIpc) is 3.12. The summed E-state index contributed by atoms with van der Waals surface area (Å²) in [5.74, 6) is -4.16. The molecule has 0 saturated heterocycles. The van der Waals surface area contributed by atoms with E-state index in [0.29, 0.717) is 63.6 Å². The van der Waals surface area contributed by atoms with Crippen molar-refractivity contribution in [1.82, 2.24) is 26.6 Å². The number of unbranched alkanes of at least 4 members (excludes halogenated alkanes) is 3. The Bertz CT molecular complexity index is 1370. The lowest BCUT2D eigenvalue weighted by molar-refractivity contribution is -0.143. The molecule has 0 spiro atoms. The fraction of sp³-hybridized carbons (Fsp3) is 0.641. The van der Waals surface area contributed by atoms with Gasteiger partial charge in [-0.3, -0.25) is 24.0 Å². The highest BCUT2D eigenvalue weighted by atomic mass is 16.4. The Balaban J connectivity index is 3.50. The molecule has 0 fully saturated rings. The molecular formula is C39H65N7O8. The predicted octanol–water partition coefficient (Wildman–Crippen LogP) is 2.29. The molecule has 0 heterocycles. The van der Waals surface area contributed by atoms with E-state index in [0.717, 1.165) is 0 Å². The third-order valence-electron chi connectivity index (χ3n) is 9.00. The zero-order chi connectivity index (χ0) is 40.7. The van der Waals surface area contributed by atoms with Gasteiger partial charge in [-0.05, 0) is 115 Å². The van der Waals surface area contributed by atoms with Gasteiger partial charge in [0.05, 0.1) is 0 Å². The first kappa shape index (κ1) is 47.5. The molecule has 1 rings (SSSR count). The standard InChI is InChI=1S/C39H65N7O8/c1-6-8-9-12-21-39(5,46-36(51)30(16-11-14-23-41)43-34(49)29(15-10-13-22-40)42-33(48)7-2)38(54)45-31(25-27-17-19-28(47)20-18-27)35(50)44-32(37(52)53)24-26(3)4/h6,8,17-20,26,29-32,47H,7,9-16,21-25,40-41H2,1-5H3,(H,42,48)(H,43,49)(H,44,50)(H,45,54)(H,46,51)(H,52,53)/b8-6-/t29-,30-,31-,32-,39?/m0/s1. The largest absolute Gasteiger partial charge is 0.508 e. The van der Waals surface area contributed by atoms with Crippen LogP contribution in [0.3, 0.4) is 0 Å². The first-order valence-electron chi connectivity index (χ1n) is 19.2. The van der Waals surface area contributed by atoms with Crippen LogP contribution in [-0.2, 0) is 35.2 Å². The molecule has 5 atom stereocenters. The van der Waals surface area contributed by atoms with E-state index in [2.05, 4.69) is 26.6 Å². The van der Waals surface area contributed by atoms with Crippen molar-refractivity contribution in [2.75, 3.05) is 13.1 Å². The molecule has 0 aromatic heterocycles. The molecule has 11 N–H and O–H groups in total. The lowest BCUT2D eigenvalue weighted by Crippen LogP contribution is -2.64. The lowest BCUT2D eigenvalue weighted by atomic mass is 9.91. The fourth-order valence-corrected chi connectivity index (χ4v) is 5.78. The molecule has 5 amide bonds. The highest BCUT2D eigenvalue weighted by molar-refractivity contribution is 5.97. The second kappa shape index (κ2) is 25.5. The van der Waals surface area contributed by atoms with E-state index in [1.54, 1.807) is 26.0 Å². The predicted molar refractivity (Wildman–Crippen MR) is 208 cm³/mol. The molecule has 54 heavy (non-hydrogen) atoms. The maximum atomic E-state index is 14.3. The van der Waals surface area contributed by atoms with Crippen molar-refractivity contribution >= 4 is 35.5 Å². The Hall–Kier alpha value is -4.50. The van der Waals surface area contributed by atoms with Crippen molar-refractivity contribution in [3.8, 4) is 5.75 Å². The van der Waals surface area contributed by atoms with E-state index < -0.39 is 59.3 Å². The molecule has 0 aliphatic rings. The highest BCUT2D eigenvalue weighted by Crippen LogP contribution is 2.19. The quantitative estimate of drug-likeness (QED) is 0.0467. The number of hydrogen-bond acceptors (Lipinski definition) is 9. The zero-order valence-corrected chi connectivity index (χ0v) is 32.7. The molecule has 0 radical (unpaired) electrons. The second-order valence-electron chi connectivity index (χ2n) is 14.3. The van der Waals surface area contributed by atoms with E-state index in [-0.39, 0.29) is 49.7 Å². The number of carboxylic acid groups (broad SMARTS) is 1. The molecular weight excluding hydrogens is 694 g/mol. The van der Waals surface area contributed by atoms with Crippen molar-refractivity contribution in [3.63, 3.8) is 0 Å². The van der Waals surface area contributed by atoms with Crippen LogP contribution in [0.2, 0.25) is 0 Å². The number of carbonyl (C=O) groups is 6. The number of rotatable bonds is 27. The first-order valence-corrected chi connectivity index (χ1v) is 19.2. The summed E-state index contributed by atoms with van der Waals surface area (Å²) in [4.78, 5) is 79.9. The molecule has 0 aliphatic heterocycles. The summed E-state index contributed by atoms with van der Waals surface area (Å²) in [5, 5.41) is 33.3. The van der Waals surface area contributed by atoms with Crippen LogP contribution in [0.15, 0.2) is 36.4 Å². The van der Waals surface area contributed by atoms with Gasteiger partial charge in [0.2, 0.25) is 29.5 Å². The Labute approximate surface area is 320 Å². The minimum Gasteiger partial charge on any atom is -0.508 e.